The van der Waals surface area contributed by atoms with Crippen LogP contribution in [0.5, 0.6) is 5.75 Å². The fourth-order valence-corrected chi connectivity index (χ4v) is 6.69. The summed E-state index contributed by atoms with van der Waals surface area (Å²) in [4.78, 5) is 12.7. The maximum atomic E-state index is 13.3. The first-order chi connectivity index (χ1) is 17.0. The van der Waals surface area contributed by atoms with E-state index in [2.05, 4.69) is 18.6 Å². The second kappa shape index (κ2) is 10.4. The Morgan fingerprint density at radius 1 is 1.03 bits per heavy atom. The van der Waals surface area contributed by atoms with Crippen LogP contribution in [-0.4, -0.2) is 20.1 Å². The van der Waals surface area contributed by atoms with Crippen molar-refractivity contribution in [3.8, 4) is 5.75 Å². The zero-order valence-electron chi connectivity index (χ0n) is 20.8. The molecule has 0 aliphatic carbocycles. The standard InChI is InChI=1S/C27H29ClN2O4S2/c1-16(2)22-14-23(17(3)12-25(22)34-5)18(4)29-36(32,33)21-10-11-24-26(13-21)35-27(31)30(24)15-19-6-8-20(28)9-7-19/h6-14,16,18,29H,15H2,1-5H3/t18-/m0/s1. The summed E-state index contributed by atoms with van der Waals surface area (Å²) in [5, 5.41) is 0.628. The van der Waals surface area contributed by atoms with E-state index in [4.69, 9.17) is 16.3 Å². The van der Waals surface area contributed by atoms with Crippen LogP contribution in [0.1, 0.15) is 55.0 Å². The number of aromatic nitrogens is 1. The lowest BCUT2D eigenvalue weighted by Gasteiger charge is -2.21. The molecule has 1 heterocycles. The van der Waals surface area contributed by atoms with Gasteiger partial charge in [-0.3, -0.25) is 9.36 Å². The van der Waals surface area contributed by atoms with Gasteiger partial charge in [0.1, 0.15) is 5.75 Å². The van der Waals surface area contributed by atoms with Gasteiger partial charge in [0.05, 0.1) is 28.8 Å². The Balaban J connectivity index is 1.63. The highest BCUT2D eigenvalue weighted by Gasteiger charge is 2.22. The van der Waals surface area contributed by atoms with Gasteiger partial charge in [-0.2, -0.15) is 0 Å². The lowest BCUT2D eigenvalue weighted by atomic mass is 9.94. The van der Waals surface area contributed by atoms with Crippen molar-refractivity contribution >= 4 is 43.2 Å². The molecule has 0 unspecified atom stereocenters. The Hall–Kier alpha value is -2.65. The van der Waals surface area contributed by atoms with E-state index in [0.717, 1.165) is 39.3 Å². The summed E-state index contributed by atoms with van der Waals surface area (Å²) in [5.41, 5.74) is 4.49. The van der Waals surface area contributed by atoms with Crippen molar-refractivity contribution in [1.82, 2.24) is 9.29 Å². The predicted molar refractivity (Wildman–Crippen MR) is 147 cm³/mol. The molecule has 1 N–H and O–H groups in total. The molecule has 4 aromatic rings. The fourth-order valence-electron chi connectivity index (χ4n) is 4.31. The van der Waals surface area contributed by atoms with Crippen molar-refractivity contribution in [2.24, 2.45) is 0 Å². The van der Waals surface area contributed by atoms with Gasteiger partial charge in [0.15, 0.2) is 0 Å². The highest BCUT2D eigenvalue weighted by atomic mass is 35.5. The molecule has 1 aromatic heterocycles. The number of thiazole rings is 1. The number of rotatable bonds is 8. The number of nitrogens with zero attached hydrogens (tertiary/aromatic N) is 1. The summed E-state index contributed by atoms with van der Waals surface area (Å²) in [6.45, 7) is 8.30. The van der Waals surface area contributed by atoms with Crippen LogP contribution in [0.2, 0.25) is 5.02 Å². The Morgan fingerprint density at radius 3 is 2.36 bits per heavy atom. The smallest absolute Gasteiger partial charge is 0.308 e. The van der Waals surface area contributed by atoms with Gasteiger partial charge in [0.25, 0.3) is 0 Å². The summed E-state index contributed by atoms with van der Waals surface area (Å²) in [5.74, 6) is 1.02. The van der Waals surface area contributed by atoms with E-state index in [0.29, 0.717) is 21.8 Å². The SMILES string of the molecule is COc1cc(C)c([C@H](C)NS(=O)(=O)c2ccc3c(c2)sc(=O)n3Cc2ccc(Cl)cc2)cc1C(C)C. The molecule has 0 aliphatic rings. The zero-order chi connectivity index (χ0) is 26.2. The third-order valence-corrected chi connectivity index (χ3v) is 8.98. The normalized spacial score (nSPS) is 12.9. The number of halogens is 1. The second-order valence-corrected chi connectivity index (χ2v) is 12.3. The second-order valence-electron chi connectivity index (χ2n) is 9.16. The summed E-state index contributed by atoms with van der Waals surface area (Å²) < 4.78 is 37.2. The maximum absolute atomic E-state index is 13.3. The number of hydrogen-bond acceptors (Lipinski definition) is 5. The van der Waals surface area contributed by atoms with Crippen LogP contribution in [0.4, 0.5) is 0 Å². The number of ether oxygens (including phenoxy) is 1. The van der Waals surface area contributed by atoms with Crippen molar-refractivity contribution in [2.45, 2.75) is 51.1 Å². The van der Waals surface area contributed by atoms with E-state index in [1.54, 1.807) is 42.0 Å². The van der Waals surface area contributed by atoms with Crippen LogP contribution < -0.4 is 14.3 Å². The average molecular weight is 545 g/mol. The quantitative estimate of drug-likeness (QED) is 0.284. The highest BCUT2D eigenvalue weighted by Crippen LogP contribution is 2.33. The number of aryl methyl sites for hydroxylation is 1. The Morgan fingerprint density at radius 2 is 1.72 bits per heavy atom. The average Bonchev–Trinajstić information content (AvgIpc) is 3.13. The molecule has 0 saturated carbocycles. The minimum atomic E-state index is -3.83. The molecule has 9 heteroatoms. The van der Waals surface area contributed by atoms with Crippen LogP contribution in [-0.2, 0) is 16.6 Å². The van der Waals surface area contributed by atoms with Crippen LogP contribution in [0, 0.1) is 6.92 Å². The first-order valence-electron chi connectivity index (χ1n) is 11.6. The van der Waals surface area contributed by atoms with Crippen molar-refractivity contribution in [3.63, 3.8) is 0 Å². The van der Waals surface area contributed by atoms with Crippen molar-refractivity contribution in [3.05, 3.63) is 91.5 Å². The van der Waals surface area contributed by atoms with Gasteiger partial charge in [0, 0.05) is 11.1 Å². The summed E-state index contributed by atoms with van der Waals surface area (Å²) in [6.07, 6.45) is 0. The van der Waals surface area contributed by atoms with E-state index in [9.17, 15) is 13.2 Å². The van der Waals surface area contributed by atoms with Gasteiger partial charge < -0.3 is 4.74 Å². The molecule has 0 bridgehead atoms. The molecule has 0 saturated heterocycles. The molecule has 6 nitrogen and oxygen atoms in total. The molecular weight excluding hydrogens is 516 g/mol. The van der Waals surface area contributed by atoms with Gasteiger partial charge in [-0.15, -0.1) is 0 Å². The van der Waals surface area contributed by atoms with Crippen LogP contribution >= 0.6 is 22.9 Å². The van der Waals surface area contributed by atoms with Gasteiger partial charge in [-0.1, -0.05) is 48.9 Å². The third kappa shape index (κ3) is 5.37. The van der Waals surface area contributed by atoms with Crippen molar-refractivity contribution in [2.75, 3.05) is 7.11 Å². The lowest BCUT2D eigenvalue weighted by molar-refractivity contribution is 0.406. The van der Waals surface area contributed by atoms with E-state index < -0.39 is 16.1 Å². The molecule has 0 radical (unpaired) electrons. The van der Waals surface area contributed by atoms with Crippen molar-refractivity contribution < 1.29 is 13.2 Å². The van der Waals surface area contributed by atoms with Crippen LogP contribution in [0.3, 0.4) is 0 Å². The van der Waals surface area contributed by atoms with E-state index >= 15 is 0 Å². The lowest BCUT2D eigenvalue weighted by Crippen LogP contribution is -2.27. The van der Waals surface area contributed by atoms with Gasteiger partial charge in [0.2, 0.25) is 10.0 Å². The predicted octanol–water partition coefficient (Wildman–Crippen LogP) is 6.24. The monoisotopic (exact) mass is 544 g/mol. The topological polar surface area (TPSA) is 77.4 Å². The molecule has 36 heavy (non-hydrogen) atoms. The Labute approximate surface area is 220 Å². The molecule has 4 rings (SSSR count). The van der Waals surface area contributed by atoms with Crippen LogP contribution in [0.25, 0.3) is 10.2 Å². The molecule has 190 valence electrons. The molecule has 0 amide bonds. The highest BCUT2D eigenvalue weighted by molar-refractivity contribution is 7.89. The zero-order valence-corrected chi connectivity index (χ0v) is 23.2. The fraction of sp³-hybridized carbons (Fsp3) is 0.296. The number of hydrogen-bond donors (Lipinski definition) is 1. The number of fused-ring (bicyclic) bond motifs is 1. The van der Waals surface area contributed by atoms with Gasteiger partial charge >= 0.3 is 4.87 Å². The molecule has 0 aliphatic heterocycles. The number of benzene rings is 3. The van der Waals surface area contributed by atoms with E-state index in [1.807, 2.05) is 38.1 Å². The number of sulfonamides is 1. The summed E-state index contributed by atoms with van der Waals surface area (Å²) in [6, 6.07) is 15.6. The Kier molecular flexibility index (Phi) is 7.61. The van der Waals surface area contributed by atoms with Crippen molar-refractivity contribution in [1.29, 1.82) is 0 Å². The van der Waals surface area contributed by atoms with Crippen LogP contribution in [0.15, 0.2) is 64.3 Å². The summed E-state index contributed by atoms with van der Waals surface area (Å²) in [7, 11) is -2.19. The molecule has 3 aromatic carbocycles. The third-order valence-electron chi connectivity index (χ3n) is 6.24. The molecule has 1 atom stereocenters. The largest absolute Gasteiger partial charge is 0.496 e. The minimum absolute atomic E-state index is 0.122. The molecule has 0 fully saturated rings. The number of nitrogens with one attached hydrogen (secondary N) is 1. The first kappa shape index (κ1) is 26.4. The minimum Gasteiger partial charge on any atom is -0.496 e. The summed E-state index contributed by atoms with van der Waals surface area (Å²) >= 11 is 7.00. The number of methoxy groups -OCH3 is 1. The van der Waals surface area contributed by atoms with E-state index in [1.165, 1.54) is 0 Å². The molecule has 0 spiro atoms. The Bertz CT molecular complexity index is 1570. The van der Waals surface area contributed by atoms with Gasteiger partial charge in [-0.05, 0) is 84.5 Å². The first-order valence-corrected chi connectivity index (χ1v) is 14.3. The van der Waals surface area contributed by atoms with E-state index in [-0.39, 0.29) is 15.7 Å². The molecular formula is C27H29ClN2O4S2. The van der Waals surface area contributed by atoms with Gasteiger partial charge in [-0.25, -0.2) is 13.1 Å². The maximum Gasteiger partial charge on any atom is 0.308 e.